The van der Waals surface area contributed by atoms with Crippen LogP contribution in [0.1, 0.15) is 20.8 Å². The lowest BCUT2D eigenvalue weighted by molar-refractivity contribution is -0.387. The number of carbonyl (C=O) groups is 1. The van der Waals surface area contributed by atoms with E-state index in [0.717, 1.165) is 24.3 Å². The summed E-state index contributed by atoms with van der Waals surface area (Å²) >= 11 is 0. The number of nitrogens with two attached hydrogens (primary N) is 1. The minimum atomic E-state index is -0.927. The van der Waals surface area contributed by atoms with Crippen LogP contribution in [0, 0.1) is 37.3 Å². The van der Waals surface area contributed by atoms with Gasteiger partial charge in [0.15, 0.2) is 0 Å². The summed E-state index contributed by atoms with van der Waals surface area (Å²) in [6, 6.07) is 6.45. The van der Waals surface area contributed by atoms with Crippen molar-refractivity contribution in [3.05, 3.63) is 68.3 Å². The summed E-state index contributed by atoms with van der Waals surface area (Å²) < 4.78 is 25.6. The molecule has 0 fully saturated rings. The second kappa shape index (κ2) is 8.84. The molecule has 0 aromatic heterocycles. The van der Waals surface area contributed by atoms with Crippen LogP contribution in [0.4, 0.5) is 31.5 Å². The maximum Gasteiger partial charge on any atom is 0.306 e. The molecule has 150 valence electrons. The van der Waals surface area contributed by atoms with Crippen LogP contribution in [0.3, 0.4) is 0 Å². The molecule has 0 saturated carbocycles. The van der Waals surface area contributed by atoms with Crippen LogP contribution in [0.15, 0.2) is 36.4 Å². The van der Waals surface area contributed by atoms with Crippen LogP contribution < -0.4 is 11.1 Å². The second-order valence-electron chi connectivity index (χ2n) is 6.60. The minimum absolute atomic E-state index is 0.179. The van der Waals surface area contributed by atoms with Crippen molar-refractivity contribution in [3.63, 3.8) is 0 Å². The van der Waals surface area contributed by atoms with Crippen molar-refractivity contribution >= 4 is 28.7 Å². The van der Waals surface area contributed by atoms with Gasteiger partial charge < -0.3 is 11.1 Å². The zero-order chi connectivity index (χ0) is 21.6. The van der Waals surface area contributed by atoms with E-state index < -0.39 is 38.3 Å². The van der Waals surface area contributed by atoms with Crippen molar-refractivity contribution in [2.24, 2.45) is 5.41 Å². The number of nitrogens with zero attached hydrogens (tertiary/aromatic N) is 2. The Morgan fingerprint density at radius 3 is 1.86 bits per heavy atom. The van der Waals surface area contributed by atoms with E-state index in [9.17, 15) is 33.8 Å². The summed E-state index contributed by atoms with van der Waals surface area (Å²) in [5, 5.41) is 23.1. The van der Waals surface area contributed by atoms with Crippen LogP contribution in [-0.2, 0) is 4.79 Å². The number of halogens is 2. The summed E-state index contributed by atoms with van der Waals surface area (Å²) in [6.45, 7) is 5.13. The Hall–Kier alpha value is -3.63. The molecule has 0 heterocycles. The third-order valence-electron chi connectivity index (χ3n) is 3.25. The van der Waals surface area contributed by atoms with Gasteiger partial charge in [0.25, 0.3) is 0 Å². The number of nitrogens with one attached hydrogen (secondary N) is 1. The molecule has 3 N–H and O–H groups in total. The van der Waals surface area contributed by atoms with Crippen LogP contribution in [0.5, 0.6) is 0 Å². The van der Waals surface area contributed by atoms with Gasteiger partial charge in [-0.3, -0.25) is 25.0 Å². The van der Waals surface area contributed by atoms with Crippen LogP contribution in [0.25, 0.3) is 0 Å². The first-order valence-electron chi connectivity index (χ1n) is 7.77. The van der Waals surface area contributed by atoms with Gasteiger partial charge in [-0.1, -0.05) is 20.8 Å². The third kappa shape index (κ3) is 6.27. The number of amides is 1. The molecule has 0 aliphatic rings. The average molecular weight is 396 g/mol. The normalized spacial score (nSPS) is 10.5. The topological polar surface area (TPSA) is 141 Å². The molecule has 0 aliphatic heterocycles. The summed E-state index contributed by atoms with van der Waals surface area (Å²) in [5.41, 5.74) is 3.71. The monoisotopic (exact) mass is 396 g/mol. The molecule has 2 aromatic rings. The van der Waals surface area contributed by atoms with E-state index >= 15 is 0 Å². The highest BCUT2D eigenvalue weighted by molar-refractivity contribution is 5.94. The Balaban J connectivity index is 0.000000307. The Morgan fingerprint density at radius 2 is 1.43 bits per heavy atom. The SMILES string of the molecule is CC(C)(C)C(=O)Nc1ccc(F)c([N+](=O)[O-])c1.Nc1ccc(F)c([N+](=O)[O-])c1. The van der Waals surface area contributed by atoms with Gasteiger partial charge in [-0.2, -0.15) is 8.78 Å². The zero-order valence-corrected chi connectivity index (χ0v) is 15.2. The molecule has 0 bridgehead atoms. The molecule has 0 atom stereocenters. The van der Waals surface area contributed by atoms with Gasteiger partial charge in [-0.15, -0.1) is 0 Å². The van der Waals surface area contributed by atoms with Gasteiger partial charge in [0.05, 0.1) is 9.85 Å². The van der Waals surface area contributed by atoms with Gasteiger partial charge in [0.1, 0.15) is 0 Å². The van der Waals surface area contributed by atoms with Gasteiger partial charge in [-0.25, -0.2) is 0 Å². The average Bonchev–Trinajstić information content (AvgIpc) is 2.58. The first-order chi connectivity index (χ1) is 12.8. The van der Waals surface area contributed by atoms with Gasteiger partial charge >= 0.3 is 11.4 Å². The quantitative estimate of drug-likeness (QED) is 0.456. The lowest BCUT2D eigenvalue weighted by Gasteiger charge is -2.17. The largest absolute Gasteiger partial charge is 0.399 e. The highest BCUT2D eigenvalue weighted by Crippen LogP contribution is 2.23. The first-order valence-corrected chi connectivity index (χ1v) is 7.77. The lowest BCUT2D eigenvalue weighted by Crippen LogP contribution is -2.27. The summed E-state index contributed by atoms with van der Waals surface area (Å²) in [6.07, 6.45) is 0. The highest BCUT2D eigenvalue weighted by Gasteiger charge is 2.22. The Labute approximate surface area is 158 Å². The Morgan fingerprint density at radius 1 is 0.964 bits per heavy atom. The van der Waals surface area contributed by atoms with Crippen LogP contribution >= 0.6 is 0 Å². The number of anilines is 2. The van der Waals surface area contributed by atoms with E-state index in [1.807, 2.05) is 0 Å². The fourth-order valence-electron chi connectivity index (χ4n) is 1.72. The molecule has 0 unspecified atom stereocenters. The minimum Gasteiger partial charge on any atom is -0.399 e. The summed E-state index contributed by atoms with van der Waals surface area (Å²) in [7, 11) is 0. The van der Waals surface area contributed by atoms with E-state index in [0.29, 0.717) is 0 Å². The van der Waals surface area contributed by atoms with E-state index in [4.69, 9.17) is 5.73 Å². The molecule has 11 heteroatoms. The predicted octanol–water partition coefficient (Wildman–Crippen LogP) is 4.03. The van der Waals surface area contributed by atoms with Crippen molar-refractivity contribution in [3.8, 4) is 0 Å². The number of nitrogen functional groups attached to an aromatic ring is 1. The third-order valence-corrected chi connectivity index (χ3v) is 3.25. The van der Waals surface area contributed by atoms with E-state index in [-0.39, 0.29) is 17.3 Å². The zero-order valence-electron chi connectivity index (χ0n) is 15.2. The van der Waals surface area contributed by atoms with Crippen molar-refractivity contribution in [1.29, 1.82) is 0 Å². The molecule has 0 saturated heterocycles. The van der Waals surface area contributed by atoms with Crippen molar-refractivity contribution in [1.82, 2.24) is 0 Å². The molecular formula is C17H18F2N4O5. The molecule has 1 amide bonds. The number of nitro groups is 2. The molecule has 0 aliphatic carbocycles. The maximum atomic E-state index is 13.0. The van der Waals surface area contributed by atoms with E-state index in [2.05, 4.69) is 5.32 Å². The summed E-state index contributed by atoms with van der Waals surface area (Å²) in [4.78, 5) is 30.6. The van der Waals surface area contributed by atoms with Crippen LogP contribution in [-0.4, -0.2) is 15.8 Å². The number of benzene rings is 2. The molecule has 2 aromatic carbocycles. The van der Waals surface area contributed by atoms with Crippen molar-refractivity contribution in [2.45, 2.75) is 20.8 Å². The number of rotatable bonds is 3. The number of hydrogen-bond donors (Lipinski definition) is 2. The second-order valence-corrected chi connectivity index (χ2v) is 6.60. The Bertz CT molecular complexity index is 913. The standard InChI is InChI=1S/C11H13FN2O3.C6H5FN2O2/c1-11(2,3)10(15)13-7-4-5-8(12)9(6-7)14(16)17;7-5-2-1-4(8)3-6(5)9(10)11/h4-6H,1-3H3,(H,13,15);1-3H,8H2. The maximum absolute atomic E-state index is 13.0. The fourth-order valence-corrected chi connectivity index (χ4v) is 1.72. The molecule has 0 radical (unpaired) electrons. The van der Waals surface area contributed by atoms with Crippen LogP contribution in [0.2, 0.25) is 0 Å². The van der Waals surface area contributed by atoms with Gasteiger partial charge in [-0.05, 0) is 24.3 Å². The Kier molecular flexibility index (Phi) is 7.08. The van der Waals surface area contributed by atoms with Gasteiger partial charge in [0.2, 0.25) is 17.5 Å². The van der Waals surface area contributed by atoms with Crippen molar-refractivity contribution < 1.29 is 23.4 Å². The molecule has 0 spiro atoms. The lowest BCUT2D eigenvalue weighted by atomic mass is 9.95. The number of hydrogen-bond acceptors (Lipinski definition) is 6. The summed E-state index contributed by atoms with van der Waals surface area (Å²) in [5.74, 6) is -2.09. The number of nitro benzene ring substituents is 2. The highest BCUT2D eigenvalue weighted by atomic mass is 19.1. The molecular weight excluding hydrogens is 378 g/mol. The van der Waals surface area contributed by atoms with Gasteiger partial charge in [0, 0.05) is 28.9 Å². The molecule has 28 heavy (non-hydrogen) atoms. The van der Waals surface area contributed by atoms with Crippen molar-refractivity contribution in [2.75, 3.05) is 11.1 Å². The molecule has 9 nitrogen and oxygen atoms in total. The number of carbonyl (C=O) groups excluding carboxylic acids is 1. The fraction of sp³-hybridized carbons (Fsp3) is 0.235. The molecule has 2 rings (SSSR count). The smallest absolute Gasteiger partial charge is 0.306 e. The first kappa shape index (κ1) is 22.4. The predicted molar refractivity (Wildman–Crippen MR) is 98.6 cm³/mol. The van der Waals surface area contributed by atoms with E-state index in [1.165, 1.54) is 12.1 Å². The van der Waals surface area contributed by atoms with E-state index in [1.54, 1.807) is 20.8 Å².